The molecule has 0 aromatic heterocycles. The predicted molar refractivity (Wildman–Crippen MR) is 255 cm³/mol. The summed E-state index contributed by atoms with van der Waals surface area (Å²) in [5, 5.41) is 25.8. The molecule has 0 fully saturated rings. The van der Waals surface area contributed by atoms with Crippen LogP contribution < -0.4 is 30.7 Å². The molecule has 4 N–H and O–H groups in total. The molecule has 0 saturated heterocycles. The number of halogens is 4. The van der Waals surface area contributed by atoms with Crippen molar-refractivity contribution in [1.29, 1.82) is 0 Å². The number of benzene rings is 5. The number of alkyl halides is 2. The minimum Gasteiger partial charge on any atom is -0.494 e. The first-order valence-electron chi connectivity index (χ1n) is 19.8. The van der Waals surface area contributed by atoms with Crippen LogP contribution in [0.1, 0.15) is 70.3 Å². The standard InChI is InChI=1S/C46H42Cl4N8O8/c1-23(47)28-13-7-9-17-32(28)52-43(61)30-15-11-19-34(38(30)49)55-57-40(25(3)59)45(63)51-27-21-36(65-5)42(37(22-27)66-6)54-46(64)41(26(4)60)58-56-35-20-12-16-31(39(35)50)44(62)53-33-18-10-8-14-29(33)24(2)48/h7-24,40-41H,1-6H3,(H,51,63)(H,52,61)(H,53,62)(H,54,64). The third-order valence-electron chi connectivity index (χ3n) is 9.57. The molecule has 0 aliphatic rings. The van der Waals surface area contributed by atoms with Crippen LogP contribution in [0.4, 0.5) is 34.1 Å². The van der Waals surface area contributed by atoms with Crippen molar-refractivity contribution in [1.82, 2.24) is 0 Å². The summed E-state index contributed by atoms with van der Waals surface area (Å²) >= 11 is 25.7. The van der Waals surface area contributed by atoms with E-state index in [4.69, 9.17) is 55.9 Å². The number of ether oxygens (including phenoxy) is 2. The number of anilines is 4. The molecule has 5 rings (SSSR count). The Morgan fingerprint density at radius 3 is 1.32 bits per heavy atom. The van der Waals surface area contributed by atoms with E-state index >= 15 is 0 Å². The Balaban J connectivity index is 1.32. The summed E-state index contributed by atoms with van der Waals surface area (Å²) in [5.41, 5.74) is 2.47. The quantitative estimate of drug-likeness (QED) is 0.0375. The predicted octanol–water partition coefficient (Wildman–Crippen LogP) is 11.5. The highest BCUT2D eigenvalue weighted by molar-refractivity contribution is 6.37. The molecule has 0 aliphatic carbocycles. The molecule has 4 amide bonds. The van der Waals surface area contributed by atoms with Crippen molar-refractivity contribution in [2.75, 3.05) is 35.5 Å². The summed E-state index contributed by atoms with van der Waals surface area (Å²) < 4.78 is 11.0. The van der Waals surface area contributed by atoms with Gasteiger partial charge in [0.2, 0.25) is 12.1 Å². The average molecular weight is 977 g/mol. The van der Waals surface area contributed by atoms with Crippen molar-refractivity contribution in [3.8, 4) is 11.5 Å². The van der Waals surface area contributed by atoms with E-state index in [0.29, 0.717) is 22.5 Å². The number of nitrogens with one attached hydrogen (secondary N) is 4. The van der Waals surface area contributed by atoms with Crippen LogP contribution in [0.25, 0.3) is 0 Å². The first-order chi connectivity index (χ1) is 31.4. The van der Waals surface area contributed by atoms with Crippen LogP contribution in [0.2, 0.25) is 10.0 Å². The number of hydrogen-bond donors (Lipinski definition) is 4. The maximum atomic E-state index is 13.6. The number of para-hydroxylation sites is 2. The fourth-order valence-corrected chi connectivity index (χ4v) is 7.11. The number of ketones is 2. The van der Waals surface area contributed by atoms with Crippen molar-refractivity contribution in [2.24, 2.45) is 20.5 Å². The lowest BCUT2D eigenvalue weighted by Crippen LogP contribution is -2.32. The first-order valence-corrected chi connectivity index (χ1v) is 21.4. The maximum absolute atomic E-state index is 13.6. The van der Waals surface area contributed by atoms with Gasteiger partial charge in [-0.25, -0.2) is 0 Å². The van der Waals surface area contributed by atoms with Gasteiger partial charge in [0.25, 0.3) is 23.6 Å². The molecule has 16 nitrogen and oxygen atoms in total. The molecule has 5 aromatic rings. The van der Waals surface area contributed by atoms with E-state index in [1.807, 2.05) is 0 Å². The lowest BCUT2D eigenvalue weighted by atomic mass is 10.1. The second-order valence-corrected chi connectivity index (χ2v) is 16.3. The maximum Gasteiger partial charge on any atom is 0.259 e. The number of nitrogens with zero attached hydrogens (tertiary/aromatic N) is 4. The second-order valence-electron chi connectivity index (χ2n) is 14.3. The third kappa shape index (κ3) is 12.3. The summed E-state index contributed by atoms with van der Waals surface area (Å²) in [6, 6.07) is 22.1. The van der Waals surface area contributed by atoms with Gasteiger partial charge in [-0.05, 0) is 75.2 Å². The number of hydrogen-bond acceptors (Lipinski definition) is 12. The number of carbonyl (C=O) groups is 6. The fraction of sp³-hybridized carbons (Fsp3) is 0.217. The lowest BCUT2D eigenvalue weighted by Gasteiger charge is -2.18. The zero-order valence-corrected chi connectivity index (χ0v) is 39.1. The molecule has 0 spiro atoms. The first kappa shape index (κ1) is 50.3. The molecule has 5 aromatic carbocycles. The molecule has 0 heterocycles. The summed E-state index contributed by atoms with van der Waals surface area (Å²) in [6.07, 6.45) is 0. The number of methoxy groups -OCH3 is 2. The van der Waals surface area contributed by atoms with Crippen molar-refractivity contribution in [2.45, 2.75) is 50.5 Å². The number of rotatable bonds is 18. The largest absolute Gasteiger partial charge is 0.494 e. The normalized spacial score (nSPS) is 13.0. The van der Waals surface area contributed by atoms with Gasteiger partial charge in [0.05, 0.1) is 46.1 Å². The van der Waals surface area contributed by atoms with Gasteiger partial charge < -0.3 is 30.7 Å². The van der Waals surface area contributed by atoms with E-state index < -0.39 is 52.7 Å². The van der Waals surface area contributed by atoms with Gasteiger partial charge in [-0.2, -0.15) is 20.5 Å². The molecule has 4 unspecified atom stereocenters. The van der Waals surface area contributed by atoms with Crippen LogP contribution in [0.15, 0.2) is 118 Å². The highest BCUT2D eigenvalue weighted by Gasteiger charge is 2.28. The minimum absolute atomic E-state index is 0.0000815. The van der Waals surface area contributed by atoms with Crippen molar-refractivity contribution in [3.05, 3.63) is 129 Å². The molecule has 342 valence electrons. The van der Waals surface area contributed by atoms with Crippen LogP contribution in [-0.2, 0) is 19.2 Å². The van der Waals surface area contributed by atoms with Crippen LogP contribution >= 0.6 is 46.4 Å². The Hall–Kier alpha value is -6.72. The Labute approximate surface area is 399 Å². The zero-order chi connectivity index (χ0) is 48.2. The Bertz CT molecular complexity index is 2720. The topological polar surface area (TPSA) is 218 Å². The van der Waals surface area contributed by atoms with E-state index in [2.05, 4.69) is 41.7 Å². The molecule has 0 bridgehead atoms. The van der Waals surface area contributed by atoms with E-state index in [1.165, 1.54) is 62.8 Å². The number of azo groups is 2. The zero-order valence-electron chi connectivity index (χ0n) is 36.1. The molecule has 0 radical (unpaired) electrons. The Morgan fingerprint density at radius 1 is 0.545 bits per heavy atom. The van der Waals surface area contributed by atoms with Gasteiger partial charge >= 0.3 is 0 Å². The average Bonchev–Trinajstić information content (AvgIpc) is 3.27. The van der Waals surface area contributed by atoms with E-state index in [-0.39, 0.29) is 60.8 Å². The number of carbonyl (C=O) groups excluding carboxylic acids is 6. The van der Waals surface area contributed by atoms with E-state index in [0.717, 1.165) is 13.8 Å². The molecule has 20 heteroatoms. The SMILES string of the molecule is COc1cc(NC(=O)C(N=Nc2cccc(C(=O)Nc3ccccc3C(C)Cl)c2Cl)C(C)=O)cc(OC)c1NC(=O)C(N=Nc1cccc(C(=O)Nc2ccccc2C(C)Cl)c1Cl)C(C)=O. The molecular formula is C46H42Cl4N8O8. The summed E-state index contributed by atoms with van der Waals surface area (Å²) in [5.74, 6) is -4.40. The summed E-state index contributed by atoms with van der Waals surface area (Å²) in [6.45, 7) is 5.80. The summed E-state index contributed by atoms with van der Waals surface area (Å²) in [7, 11) is 2.56. The van der Waals surface area contributed by atoms with Gasteiger partial charge in [-0.1, -0.05) is 71.7 Å². The molecule has 0 saturated carbocycles. The second kappa shape index (κ2) is 22.9. The third-order valence-corrected chi connectivity index (χ3v) is 10.8. The van der Waals surface area contributed by atoms with Gasteiger partial charge in [0.1, 0.15) is 28.6 Å². The molecule has 4 atom stereocenters. The van der Waals surface area contributed by atoms with Crippen LogP contribution in [0.5, 0.6) is 11.5 Å². The number of Topliss-reactive ketones (excluding diaryl/α,β-unsaturated/α-hetero) is 2. The van der Waals surface area contributed by atoms with Crippen molar-refractivity contribution < 1.29 is 38.2 Å². The Kier molecular flexibility index (Phi) is 17.5. The lowest BCUT2D eigenvalue weighted by molar-refractivity contribution is -0.127. The number of amides is 4. The minimum atomic E-state index is -1.70. The monoisotopic (exact) mass is 974 g/mol. The van der Waals surface area contributed by atoms with E-state index in [9.17, 15) is 28.8 Å². The van der Waals surface area contributed by atoms with Gasteiger partial charge in [0.15, 0.2) is 11.6 Å². The molecule has 0 aliphatic heterocycles. The Morgan fingerprint density at radius 2 is 0.939 bits per heavy atom. The highest BCUT2D eigenvalue weighted by atomic mass is 35.5. The van der Waals surface area contributed by atoms with Gasteiger partial charge in [0, 0.05) is 29.2 Å². The van der Waals surface area contributed by atoms with Crippen LogP contribution in [0.3, 0.4) is 0 Å². The molecule has 66 heavy (non-hydrogen) atoms. The van der Waals surface area contributed by atoms with Gasteiger partial charge in [-0.15, -0.1) is 23.2 Å². The van der Waals surface area contributed by atoms with Gasteiger partial charge in [-0.3, -0.25) is 28.8 Å². The van der Waals surface area contributed by atoms with Crippen LogP contribution in [-0.4, -0.2) is 61.5 Å². The molecular weight excluding hydrogens is 934 g/mol. The summed E-state index contributed by atoms with van der Waals surface area (Å²) in [4.78, 5) is 79.1. The van der Waals surface area contributed by atoms with Crippen molar-refractivity contribution in [3.63, 3.8) is 0 Å². The van der Waals surface area contributed by atoms with Crippen LogP contribution in [0, 0.1) is 0 Å². The van der Waals surface area contributed by atoms with Crippen molar-refractivity contribution >= 4 is 116 Å². The highest BCUT2D eigenvalue weighted by Crippen LogP contribution is 2.39. The van der Waals surface area contributed by atoms with E-state index in [1.54, 1.807) is 62.4 Å². The smallest absolute Gasteiger partial charge is 0.259 e. The fourth-order valence-electron chi connectivity index (χ4n) is 6.23.